The summed E-state index contributed by atoms with van der Waals surface area (Å²) in [5.41, 5.74) is 2.10. The van der Waals surface area contributed by atoms with Gasteiger partial charge in [-0.2, -0.15) is 13.5 Å². The van der Waals surface area contributed by atoms with Crippen LogP contribution < -0.4 is 10.1 Å². The number of benzene rings is 1. The number of halogens is 2. The van der Waals surface area contributed by atoms with Gasteiger partial charge >= 0.3 is 0 Å². The van der Waals surface area contributed by atoms with Gasteiger partial charge in [0, 0.05) is 19.3 Å². The first-order chi connectivity index (χ1) is 11.1. The molecule has 24 heavy (non-hydrogen) atoms. The van der Waals surface area contributed by atoms with Crippen LogP contribution in [0.5, 0.6) is 5.75 Å². The fourth-order valence-electron chi connectivity index (χ4n) is 2.28. The molecule has 0 radical (unpaired) electrons. The van der Waals surface area contributed by atoms with Crippen LogP contribution in [0, 0.1) is 5.82 Å². The van der Waals surface area contributed by atoms with Gasteiger partial charge in [-0.3, -0.25) is 0 Å². The predicted molar refractivity (Wildman–Crippen MR) is 94.6 cm³/mol. The van der Waals surface area contributed by atoms with Crippen molar-refractivity contribution in [1.29, 1.82) is 0 Å². The van der Waals surface area contributed by atoms with Crippen molar-refractivity contribution in [3.63, 3.8) is 0 Å². The van der Waals surface area contributed by atoms with Crippen molar-refractivity contribution in [2.75, 3.05) is 12.0 Å². The monoisotopic (exact) mass is 352 g/mol. The third-order valence-electron chi connectivity index (χ3n) is 3.40. The maximum atomic E-state index is 13.5. The summed E-state index contributed by atoms with van der Waals surface area (Å²) in [6, 6.07) is 5.93. The molecule has 0 aliphatic heterocycles. The molecule has 0 aliphatic rings. The maximum absolute atomic E-state index is 13.5. The van der Waals surface area contributed by atoms with Crippen molar-refractivity contribution < 1.29 is 13.5 Å². The molecule has 0 unspecified atom stereocenters. The number of fused-ring (bicyclic) bond motifs is 1. The Morgan fingerprint density at radius 3 is 2.83 bits per heavy atom. The Morgan fingerprint density at radius 1 is 1.29 bits per heavy atom. The van der Waals surface area contributed by atoms with E-state index in [0.717, 1.165) is 11.0 Å². The number of ether oxygens (including phenoxy) is 1. The number of hydrogen-bond acceptors (Lipinski definition) is 4. The number of nitrogens with one attached hydrogen (secondary N) is 1. The first-order valence-corrected chi connectivity index (χ1v) is 7.13. The summed E-state index contributed by atoms with van der Waals surface area (Å²) >= 11 is 0. The van der Waals surface area contributed by atoms with Crippen molar-refractivity contribution in [2.24, 2.45) is 7.05 Å². The Kier molecular flexibility index (Phi) is 5.61. The molecule has 1 aromatic carbocycles. The molecule has 0 aliphatic carbocycles. The van der Waals surface area contributed by atoms with Crippen LogP contribution in [-0.2, 0) is 7.05 Å². The molecular formula is C16H18F2N4OS. The van der Waals surface area contributed by atoms with Crippen LogP contribution >= 0.6 is 13.5 Å². The highest BCUT2D eigenvalue weighted by Crippen LogP contribution is 2.31. The molecule has 8 heteroatoms. The van der Waals surface area contributed by atoms with Gasteiger partial charge in [0.2, 0.25) is 0 Å². The second-order valence-electron chi connectivity index (χ2n) is 5.23. The molecule has 0 spiro atoms. The van der Waals surface area contributed by atoms with E-state index in [1.807, 2.05) is 23.9 Å². The maximum Gasteiger partial charge on any atom is 0.158 e. The highest BCUT2D eigenvalue weighted by atomic mass is 32.1. The minimum atomic E-state index is -0.669. The van der Waals surface area contributed by atoms with Crippen LogP contribution in [0.3, 0.4) is 0 Å². The van der Waals surface area contributed by atoms with Crippen molar-refractivity contribution in [3.05, 3.63) is 42.6 Å². The third kappa shape index (κ3) is 3.59. The van der Waals surface area contributed by atoms with Gasteiger partial charge in [0.05, 0.1) is 11.2 Å². The zero-order valence-corrected chi connectivity index (χ0v) is 14.3. The van der Waals surface area contributed by atoms with Gasteiger partial charge in [-0.05, 0) is 25.1 Å². The molecule has 0 bridgehead atoms. The van der Waals surface area contributed by atoms with Gasteiger partial charge in [0.25, 0.3) is 0 Å². The van der Waals surface area contributed by atoms with Crippen molar-refractivity contribution in [2.45, 2.75) is 13.0 Å². The Labute approximate surface area is 145 Å². The molecule has 0 amide bonds. The van der Waals surface area contributed by atoms with Gasteiger partial charge in [-0.1, -0.05) is 0 Å². The number of alkyl halides is 1. The van der Waals surface area contributed by atoms with Crippen LogP contribution in [0.2, 0.25) is 0 Å². The van der Waals surface area contributed by atoms with Gasteiger partial charge in [0.15, 0.2) is 5.82 Å². The SMILES string of the molecule is C[C@@H](CF)Oc1cc(F)ccc1Nc1ncnc2ccn(C)c12.S. The topological polar surface area (TPSA) is 52.0 Å². The first-order valence-electron chi connectivity index (χ1n) is 7.13. The summed E-state index contributed by atoms with van der Waals surface area (Å²) in [4.78, 5) is 8.42. The van der Waals surface area contributed by atoms with E-state index < -0.39 is 18.6 Å². The number of anilines is 2. The zero-order valence-electron chi connectivity index (χ0n) is 13.3. The van der Waals surface area contributed by atoms with E-state index in [1.165, 1.54) is 24.5 Å². The molecule has 2 heterocycles. The fourth-order valence-corrected chi connectivity index (χ4v) is 2.28. The molecule has 2 aromatic heterocycles. The highest BCUT2D eigenvalue weighted by molar-refractivity contribution is 7.59. The molecule has 1 atom stereocenters. The molecule has 0 saturated heterocycles. The highest BCUT2D eigenvalue weighted by Gasteiger charge is 2.13. The quantitative estimate of drug-likeness (QED) is 0.761. The second-order valence-corrected chi connectivity index (χ2v) is 5.23. The van der Waals surface area contributed by atoms with Crippen LogP contribution in [0.1, 0.15) is 6.92 Å². The number of aromatic nitrogens is 3. The van der Waals surface area contributed by atoms with Crippen LogP contribution in [0.15, 0.2) is 36.8 Å². The van der Waals surface area contributed by atoms with Crippen LogP contribution in [0.25, 0.3) is 11.0 Å². The minimum absolute atomic E-state index is 0. The molecule has 1 N–H and O–H groups in total. The average molecular weight is 352 g/mol. The van der Waals surface area contributed by atoms with Gasteiger partial charge < -0.3 is 14.6 Å². The first kappa shape index (κ1) is 18.0. The predicted octanol–water partition coefficient (Wildman–Crippen LogP) is 3.70. The Bertz CT molecular complexity index is 840. The number of rotatable bonds is 5. The van der Waals surface area contributed by atoms with Gasteiger partial charge in [-0.25, -0.2) is 18.7 Å². The lowest BCUT2D eigenvalue weighted by atomic mass is 10.2. The van der Waals surface area contributed by atoms with Gasteiger partial charge in [-0.15, -0.1) is 0 Å². The molecule has 3 aromatic rings. The lowest BCUT2D eigenvalue weighted by Gasteiger charge is -2.16. The molecule has 0 saturated carbocycles. The number of aryl methyl sites for hydroxylation is 1. The largest absolute Gasteiger partial charge is 0.486 e. The number of nitrogens with zero attached hydrogens (tertiary/aromatic N) is 3. The second kappa shape index (κ2) is 7.48. The smallest absolute Gasteiger partial charge is 0.158 e. The van der Waals surface area contributed by atoms with Crippen molar-refractivity contribution >= 4 is 36.0 Å². The molecular weight excluding hydrogens is 334 g/mol. The van der Waals surface area contributed by atoms with E-state index in [-0.39, 0.29) is 19.2 Å². The Balaban J connectivity index is 0.00000208. The summed E-state index contributed by atoms with van der Waals surface area (Å²) in [5, 5.41) is 3.11. The summed E-state index contributed by atoms with van der Waals surface area (Å²) in [7, 11) is 1.88. The van der Waals surface area contributed by atoms with Crippen LogP contribution in [-0.4, -0.2) is 27.3 Å². The lowest BCUT2D eigenvalue weighted by Crippen LogP contribution is -2.15. The molecule has 128 valence electrons. The van der Waals surface area contributed by atoms with E-state index in [4.69, 9.17) is 4.74 Å². The molecule has 5 nitrogen and oxygen atoms in total. The standard InChI is InChI=1S/C16H16F2N4O.H2S/c1-10(8-17)23-14-7-11(18)3-4-12(14)21-16-15-13(19-9-20-16)5-6-22(15)2;/h3-7,9-10H,8H2,1-2H3,(H,19,20,21);1H2/t10-;/m0./s1. The van der Waals surface area contributed by atoms with Crippen molar-refractivity contribution in [1.82, 2.24) is 14.5 Å². The van der Waals surface area contributed by atoms with E-state index in [0.29, 0.717) is 11.5 Å². The Morgan fingerprint density at radius 2 is 2.08 bits per heavy atom. The third-order valence-corrected chi connectivity index (χ3v) is 3.40. The summed E-state index contributed by atoms with van der Waals surface area (Å²) in [6.07, 6.45) is 2.65. The van der Waals surface area contributed by atoms with Crippen LogP contribution in [0.4, 0.5) is 20.3 Å². The summed E-state index contributed by atoms with van der Waals surface area (Å²) in [6.45, 7) is 0.917. The minimum Gasteiger partial charge on any atom is -0.486 e. The van der Waals surface area contributed by atoms with Crippen molar-refractivity contribution in [3.8, 4) is 5.75 Å². The summed E-state index contributed by atoms with van der Waals surface area (Å²) < 4.78 is 33.5. The van der Waals surface area contributed by atoms with E-state index in [9.17, 15) is 8.78 Å². The summed E-state index contributed by atoms with van der Waals surface area (Å²) in [5.74, 6) is 0.339. The molecule has 0 fully saturated rings. The van der Waals surface area contributed by atoms with Gasteiger partial charge in [0.1, 0.15) is 36.2 Å². The number of hydrogen-bond donors (Lipinski definition) is 1. The van der Waals surface area contributed by atoms with E-state index >= 15 is 0 Å². The lowest BCUT2D eigenvalue weighted by molar-refractivity contribution is 0.182. The van der Waals surface area contributed by atoms with E-state index in [2.05, 4.69) is 15.3 Å². The normalized spacial score (nSPS) is 11.8. The zero-order chi connectivity index (χ0) is 16.4. The fraction of sp³-hybridized carbons (Fsp3) is 0.250. The molecule has 3 rings (SSSR count). The van der Waals surface area contributed by atoms with E-state index in [1.54, 1.807) is 6.92 Å². The average Bonchev–Trinajstić information content (AvgIpc) is 2.92. The Hall–Kier alpha value is -2.35.